The van der Waals surface area contributed by atoms with Gasteiger partial charge in [-0.15, -0.1) is 0 Å². The molecule has 0 spiro atoms. The lowest BCUT2D eigenvalue weighted by Crippen LogP contribution is -2.42. The Bertz CT molecular complexity index is 872. The number of carbonyl (C=O) groups is 1. The van der Waals surface area contributed by atoms with Crippen molar-refractivity contribution in [2.24, 2.45) is 0 Å². The number of hydrogen-bond donors (Lipinski definition) is 1. The van der Waals surface area contributed by atoms with Gasteiger partial charge in [0, 0.05) is 6.54 Å². The molecule has 28 heavy (non-hydrogen) atoms. The maximum atomic E-state index is 12.3. The third-order valence-electron chi connectivity index (χ3n) is 4.17. The summed E-state index contributed by atoms with van der Waals surface area (Å²) in [6.07, 6.45) is -0.219. The largest absolute Gasteiger partial charge is 0.496 e. The number of nitro benzene ring substituents is 1. The highest BCUT2D eigenvalue weighted by atomic mass is 16.6. The van der Waals surface area contributed by atoms with Gasteiger partial charge in [0.05, 0.1) is 24.6 Å². The molecule has 1 atom stereocenters. The number of nitro groups is 1. The van der Waals surface area contributed by atoms with Gasteiger partial charge in [-0.3, -0.25) is 19.8 Å². The number of para-hydroxylation sites is 2. The zero-order valence-corrected chi connectivity index (χ0v) is 15.6. The van der Waals surface area contributed by atoms with Crippen molar-refractivity contribution in [3.05, 3.63) is 52.6 Å². The number of amides is 1. The van der Waals surface area contributed by atoms with Gasteiger partial charge in [-0.1, -0.05) is 12.1 Å². The first-order valence-corrected chi connectivity index (χ1v) is 8.65. The lowest BCUT2D eigenvalue weighted by Gasteiger charge is -2.29. The quantitative estimate of drug-likeness (QED) is 0.574. The summed E-state index contributed by atoms with van der Waals surface area (Å²) in [6.45, 7) is 0.893. The third-order valence-corrected chi connectivity index (χ3v) is 4.17. The number of fused-ring (bicyclic) bond motifs is 1. The molecule has 148 valence electrons. The minimum absolute atomic E-state index is 0.0463. The first-order chi connectivity index (χ1) is 13.5. The van der Waals surface area contributed by atoms with E-state index < -0.39 is 4.92 Å². The van der Waals surface area contributed by atoms with Crippen LogP contribution in [0.1, 0.15) is 0 Å². The molecule has 1 N–H and O–H groups in total. The number of nitrogens with one attached hydrogen (secondary N) is 1. The van der Waals surface area contributed by atoms with Gasteiger partial charge < -0.3 is 19.5 Å². The summed E-state index contributed by atoms with van der Waals surface area (Å²) in [4.78, 5) is 24.7. The Morgan fingerprint density at radius 1 is 1.32 bits per heavy atom. The number of methoxy groups -OCH3 is 1. The Labute approximate surface area is 162 Å². The van der Waals surface area contributed by atoms with E-state index in [0.717, 1.165) is 0 Å². The van der Waals surface area contributed by atoms with Crippen LogP contribution in [0.15, 0.2) is 42.5 Å². The number of hydrogen-bond acceptors (Lipinski definition) is 7. The molecule has 9 nitrogen and oxygen atoms in total. The molecule has 1 amide bonds. The lowest BCUT2D eigenvalue weighted by molar-refractivity contribution is -0.384. The Morgan fingerprint density at radius 2 is 2.07 bits per heavy atom. The minimum atomic E-state index is -0.563. The van der Waals surface area contributed by atoms with Crippen LogP contribution in [0.25, 0.3) is 0 Å². The number of carbonyl (C=O) groups excluding carboxylic acids is 1. The molecule has 1 aliphatic rings. The summed E-state index contributed by atoms with van der Waals surface area (Å²) in [7, 11) is 3.19. The molecule has 0 bridgehead atoms. The van der Waals surface area contributed by atoms with E-state index in [1.807, 2.05) is 24.3 Å². The normalized spacial score (nSPS) is 15.2. The summed E-state index contributed by atoms with van der Waals surface area (Å²) < 4.78 is 16.5. The molecule has 1 heterocycles. The standard InChI is InChI=1S/C19H21N3O6/c1-21(10-14-12-27-17-5-3-4-6-18(17)28-14)11-19(23)20-15-8-7-13(26-2)9-16(15)22(24)25/h3-9,14H,10-12H2,1-2H3,(H,20,23)/t14-/m0/s1. The van der Waals surface area contributed by atoms with Crippen LogP contribution in [-0.2, 0) is 4.79 Å². The fourth-order valence-corrected chi connectivity index (χ4v) is 2.90. The number of ether oxygens (including phenoxy) is 3. The maximum Gasteiger partial charge on any atom is 0.296 e. The highest BCUT2D eigenvalue weighted by Gasteiger charge is 2.23. The molecule has 0 aliphatic carbocycles. The van der Waals surface area contributed by atoms with E-state index in [9.17, 15) is 14.9 Å². The van der Waals surface area contributed by atoms with Crippen molar-refractivity contribution in [2.45, 2.75) is 6.10 Å². The van der Waals surface area contributed by atoms with Crippen LogP contribution >= 0.6 is 0 Å². The highest BCUT2D eigenvalue weighted by Crippen LogP contribution is 2.31. The van der Waals surface area contributed by atoms with E-state index >= 15 is 0 Å². The fraction of sp³-hybridized carbons (Fsp3) is 0.316. The van der Waals surface area contributed by atoms with Crippen molar-refractivity contribution < 1.29 is 23.9 Å². The van der Waals surface area contributed by atoms with Crippen LogP contribution in [-0.4, -0.2) is 55.7 Å². The predicted molar refractivity (Wildman–Crippen MR) is 102 cm³/mol. The van der Waals surface area contributed by atoms with Crippen molar-refractivity contribution in [3.63, 3.8) is 0 Å². The zero-order chi connectivity index (χ0) is 20.1. The van der Waals surface area contributed by atoms with Crippen LogP contribution < -0.4 is 19.5 Å². The van der Waals surface area contributed by atoms with E-state index in [-0.39, 0.29) is 29.9 Å². The van der Waals surface area contributed by atoms with Crippen LogP contribution in [0, 0.1) is 10.1 Å². The first kappa shape index (κ1) is 19.4. The summed E-state index contributed by atoms with van der Waals surface area (Å²) in [5, 5.41) is 13.8. The van der Waals surface area contributed by atoms with E-state index in [1.54, 1.807) is 18.0 Å². The van der Waals surface area contributed by atoms with Crippen molar-refractivity contribution in [3.8, 4) is 17.2 Å². The van der Waals surface area contributed by atoms with Crippen LogP contribution in [0.2, 0.25) is 0 Å². The summed E-state index contributed by atoms with van der Waals surface area (Å²) in [5.74, 6) is 1.35. The molecule has 3 rings (SSSR count). The Kier molecular flexibility index (Phi) is 5.95. The van der Waals surface area contributed by atoms with Crippen LogP contribution in [0.4, 0.5) is 11.4 Å². The topological polar surface area (TPSA) is 103 Å². The SMILES string of the molecule is COc1ccc(NC(=O)CN(C)C[C@H]2COc3ccccc3O2)c([N+](=O)[O-])c1. The molecular formula is C19H21N3O6. The molecule has 2 aromatic rings. The Balaban J connectivity index is 1.56. The molecule has 1 aliphatic heterocycles. The Hall–Kier alpha value is -3.33. The number of benzene rings is 2. The second kappa shape index (κ2) is 8.57. The molecule has 9 heteroatoms. The lowest BCUT2D eigenvalue weighted by atomic mass is 10.2. The molecule has 0 unspecified atom stereocenters. The average molecular weight is 387 g/mol. The van der Waals surface area contributed by atoms with Crippen LogP contribution in [0.3, 0.4) is 0 Å². The van der Waals surface area contributed by atoms with Gasteiger partial charge in [0.25, 0.3) is 5.69 Å². The van der Waals surface area contributed by atoms with E-state index in [0.29, 0.717) is 30.4 Å². The maximum absolute atomic E-state index is 12.3. The molecule has 0 saturated carbocycles. The van der Waals surface area contributed by atoms with Gasteiger partial charge in [-0.2, -0.15) is 0 Å². The second-order valence-corrected chi connectivity index (χ2v) is 6.38. The van der Waals surface area contributed by atoms with Gasteiger partial charge in [0.1, 0.15) is 24.1 Å². The van der Waals surface area contributed by atoms with E-state index in [4.69, 9.17) is 14.2 Å². The van der Waals surface area contributed by atoms with Crippen molar-refractivity contribution >= 4 is 17.3 Å². The van der Waals surface area contributed by atoms with E-state index in [2.05, 4.69) is 5.32 Å². The molecule has 2 aromatic carbocycles. The summed E-state index contributed by atoms with van der Waals surface area (Å²) >= 11 is 0. The zero-order valence-electron chi connectivity index (χ0n) is 15.6. The van der Waals surface area contributed by atoms with Gasteiger partial charge in [0.2, 0.25) is 5.91 Å². The van der Waals surface area contributed by atoms with Gasteiger partial charge >= 0.3 is 0 Å². The number of anilines is 1. The van der Waals surface area contributed by atoms with Crippen molar-refractivity contribution in [2.75, 3.05) is 39.2 Å². The minimum Gasteiger partial charge on any atom is -0.496 e. The second-order valence-electron chi connectivity index (χ2n) is 6.38. The number of rotatable bonds is 7. The van der Waals surface area contributed by atoms with Gasteiger partial charge in [-0.05, 0) is 31.3 Å². The molecule has 0 saturated heterocycles. The van der Waals surface area contributed by atoms with Gasteiger partial charge in [0.15, 0.2) is 11.5 Å². The highest BCUT2D eigenvalue weighted by molar-refractivity contribution is 5.94. The van der Waals surface area contributed by atoms with Crippen molar-refractivity contribution in [1.82, 2.24) is 4.90 Å². The third kappa shape index (κ3) is 4.68. The van der Waals surface area contributed by atoms with Gasteiger partial charge in [-0.25, -0.2) is 0 Å². The first-order valence-electron chi connectivity index (χ1n) is 8.65. The molecule has 0 fully saturated rings. The predicted octanol–water partition coefficient (Wildman–Crippen LogP) is 2.31. The monoisotopic (exact) mass is 387 g/mol. The number of likely N-dealkylation sites (N-methyl/N-ethyl adjacent to an activating group) is 1. The fourth-order valence-electron chi connectivity index (χ4n) is 2.90. The average Bonchev–Trinajstić information content (AvgIpc) is 2.67. The number of nitrogens with zero attached hydrogens (tertiary/aromatic N) is 2. The molecule has 0 aromatic heterocycles. The molecule has 0 radical (unpaired) electrons. The smallest absolute Gasteiger partial charge is 0.296 e. The Morgan fingerprint density at radius 3 is 2.79 bits per heavy atom. The summed E-state index contributed by atoms with van der Waals surface area (Å²) in [5.41, 5.74) is -0.105. The van der Waals surface area contributed by atoms with E-state index in [1.165, 1.54) is 19.2 Å². The van der Waals surface area contributed by atoms with Crippen molar-refractivity contribution in [1.29, 1.82) is 0 Å². The summed E-state index contributed by atoms with van der Waals surface area (Å²) in [6, 6.07) is 11.7. The van der Waals surface area contributed by atoms with Crippen LogP contribution in [0.5, 0.6) is 17.2 Å². The molecular weight excluding hydrogens is 366 g/mol.